The van der Waals surface area contributed by atoms with Gasteiger partial charge in [-0.1, -0.05) is 23.7 Å². The molecule has 5 nitrogen and oxygen atoms in total. The van der Waals surface area contributed by atoms with Crippen LogP contribution in [0.1, 0.15) is 5.56 Å². The third-order valence-electron chi connectivity index (χ3n) is 5.00. The van der Waals surface area contributed by atoms with E-state index in [2.05, 4.69) is 4.90 Å². The molecule has 0 aliphatic carbocycles. The molecule has 1 aromatic carbocycles. The average Bonchev–Trinajstić information content (AvgIpc) is 2.99. The van der Waals surface area contributed by atoms with Crippen molar-refractivity contribution in [1.29, 1.82) is 0 Å². The number of aliphatic hydroxyl groups is 1. The molecule has 2 fully saturated rings. The highest BCUT2D eigenvalue weighted by Crippen LogP contribution is 2.25. The average molecular weight is 353 g/mol. The molecule has 2 saturated heterocycles. The number of carbonyl (C=O) groups is 1. The van der Waals surface area contributed by atoms with Crippen molar-refractivity contribution >= 4 is 17.5 Å². The molecule has 1 amide bonds. The fourth-order valence-electron chi connectivity index (χ4n) is 3.60. The van der Waals surface area contributed by atoms with Gasteiger partial charge in [-0.3, -0.25) is 9.69 Å². The number of nitrogens with zero attached hydrogens (tertiary/aromatic N) is 2. The maximum absolute atomic E-state index is 12.6. The topological polar surface area (TPSA) is 53.0 Å². The van der Waals surface area contributed by atoms with E-state index in [4.69, 9.17) is 16.3 Å². The van der Waals surface area contributed by atoms with E-state index < -0.39 is 0 Å². The minimum atomic E-state index is 0.111. The van der Waals surface area contributed by atoms with E-state index in [9.17, 15) is 9.90 Å². The Morgan fingerprint density at radius 3 is 2.71 bits per heavy atom. The van der Waals surface area contributed by atoms with Crippen molar-refractivity contribution in [2.24, 2.45) is 11.8 Å². The summed E-state index contributed by atoms with van der Waals surface area (Å²) in [6.07, 6.45) is 0.364. The van der Waals surface area contributed by atoms with E-state index in [1.54, 1.807) is 0 Å². The predicted octanol–water partition coefficient (Wildman–Crippen LogP) is 1.28. The first-order chi connectivity index (χ1) is 11.7. The molecule has 0 aromatic heterocycles. The molecule has 132 valence electrons. The number of morpholine rings is 1. The zero-order valence-corrected chi connectivity index (χ0v) is 14.6. The summed E-state index contributed by atoms with van der Waals surface area (Å²) in [4.78, 5) is 16.9. The van der Waals surface area contributed by atoms with Crippen LogP contribution in [0.3, 0.4) is 0 Å². The molecule has 24 heavy (non-hydrogen) atoms. The normalized spacial score (nSPS) is 25.2. The molecule has 6 heteroatoms. The Morgan fingerprint density at radius 1 is 1.25 bits per heavy atom. The monoisotopic (exact) mass is 352 g/mol. The predicted molar refractivity (Wildman–Crippen MR) is 93.1 cm³/mol. The van der Waals surface area contributed by atoms with Gasteiger partial charge in [-0.25, -0.2) is 0 Å². The number of likely N-dealkylation sites (tertiary alicyclic amines) is 1. The van der Waals surface area contributed by atoms with Gasteiger partial charge in [0.2, 0.25) is 5.91 Å². The number of amides is 1. The van der Waals surface area contributed by atoms with Crippen molar-refractivity contribution in [2.75, 3.05) is 52.5 Å². The van der Waals surface area contributed by atoms with E-state index in [1.165, 1.54) is 0 Å². The second-order valence-corrected chi connectivity index (χ2v) is 7.16. The zero-order chi connectivity index (χ0) is 16.9. The van der Waals surface area contributed by atoms with E-state index in [0.717, 1.165) is 45.0 Å². The van der Waals surface area contributed by atoms with Gasteiger partial charge in [-0.2, -0.15) is 0 Å². The Kier molecular flexibility index (Phi) is 6.11. The van der Waals surface area contributed by atoms with Crippen LogP contribution < -0.4 is 0 Å². The molecule has 3 rings (SSSR count). The second-order valence-electron chi connectivity index (χ2n) is 6.72. The molecule has 2 aliphatic rings. The highest BCUT2D eigenvalue weighted by atomic mass is 35.5. The Labute approximate surface area is 148 Å². The summed E-state index contributed by atoms with van der Waals surface area (Å²) in [6, 6.07) is 7.44. The molecule has 0 saturated carbocycles. The first kappa shape index (κ1) is 17.7. The molecule has 2 atom stereocenters. The van der Waals surface area contributed by atoms with Crippen LogP contribution in [0.15, 0.2) is 24.3 Å². The number of hydrogen-bond acceptors (Lipinski definition) is 4. The molecule has 2 heterocycles. The summed E-state index contributed by atoms with van der Waals surface area (Å²) in [6.45, 7) is 5.84. The number of ether oxygens (including phenoxy) is 1. The fourth-order valence-corrected chi connectivity index (χ4v) is 3.82. The summed E-state index contributed by atoms with van der Waals surface area (Å²) in [5, 5.41) is 10.3. The Hall–Kier alpha value is -1.14. The molecular formula is C18H25ClN2O3. The lowest BCUT2D eigenvalue weighted by Crippen LogP contribution is -2.41. The van der Waals surface area contributed by atoms with Gasteiger partial charge in [0, 0.05) is 50.3 Å². The highest BCUT2D eigenvalue weighted by molar-refractivity contribution is 6.30. The lowest BCUT2D eigenvalue weighted by atomic mass is 9.96. The number of benzene rings is 1. The van der Waals surface area contributed by atoms with E-state index in [-0.39, 0.29) is 18.4 Å². The number of hydrogen-bond donors (Lipinski definition) is 1. The minimum absolute atomic E-state index is 0.111. The standard InChI is InChI=1S/C18H25ClN2O3/c19-17-3-1-2-14(8-17)9-18(23)21-11-15(16(12-21)13-22)10-20-4-6-24-7-5-20/h1-3,8,15-16,22H,4-7,9-13H2/t15-,16-/m0/s1. The van der Waals surface area contributed by atoms with E-state index >= 15 is 0 Å². The Balaban J connectivity index is 1.57. The number of aliphatic hydroxyl groups excluding tert-OH is 1. The molecular weight excluding hydrogens is 328 g/mol. The van der Waals surface area contributed by atoms with Crippen LogP contribution in [-0.4, -0.2) is 73.4 Å². The van der Waals surface area contributed by atoms with Gasteiger partial charge in [0.1, 0.15) is 0 Å². The molecule has 2 aliphatic heterocycles. The largest absolute Gasteiger partial charge is 0.396 e. The van der Waals surface area contributed by atoms with Crippen molar-refractivity contribution in [3.63, 3.8) is 0 Å². The molecule has 1 N–H and O–H groups in total. The smallest absolute Gasteiger partial charge is 0.227 e. The summed E-state index contributed by atoms with van der Waals surface area (Å²) < 4.78 is 5.39. The first-order valence-corrected chi connectivity index (χ1v) is 8.96. The molecule has 0 bridgehead atoms. The summed E-state index contributed by atoms with van der Waals surface area (Å²) in [5.74, 6) is 0.604. The van der Waals surface area contributed by atoms with Crippen LogP contribution in [-0.2, 0) is 16.0 Å². The van der Waals surface area contributed by atoms with Gasteiger partial charge < -0.3 is 14.7 Å². The highest BCUT2D eigenvalue weighted by Gasteiger charge is 2.35. The second kappa shape index (κ2) is 8.30. The summed E-state index contributed by atoms with van der Waals surface area (Å²) in [5.41, 5.74) is 0.935. The lowest BCUT2D eigenvalue weighted by molar-refractivity contribution is -0.129. The number of rotatable bonds is 5. The first-order valence-electron chi connectivity index (χ1n) is 8.59. The molecule has 1 aromatic rings. The molecule has 0 unspecified atom stereocenters. The van der Waals surface area contributed by atoms with Crippen molar-refractivity contribution in [3.05, 3.63) is 34.9 Å². The van der Waals surface area contributed by atoms with Crippen LogP contribution in [0.2, 0.25) is 5.02 Å². The molecule has 0 spiro atoms. The number of halogens is 1. The van der Waals surface area contributed by atoms with Gasteiger partial charge in [0.05, 0.1) is 19.6 Å². The van der Waals surface area contributed by atoms with E-state index in [0.29, 0.717) is 23.9 Å². The molecule has 0 radical (unpaired) electrons. The maximum Gasteiger partial charge on any atom is 0.227 e. The Bertz CT molecular complexity index is 563. The number of carbonyl (C=O) groups excluding carboxylic acids is 1. The third kappa shape index (κ3) is 4.48. The van der Waals surface area contributed by atoms with Crippen molar-refractivity contribution < 1.29 is 14.6 Å². The van der Waals surface area contributed by atoms with Gasteiger partial charge in [0.15, 0.2) is 0 Å². The quantitative estimate of drug-likeness (QED) is 0.867. The van der Waals surface area contributed by atoms with E-state index in [1.807, 2.05) is 29.2 Å². The third-order valence-corrected chi connectivity index (χ3v) is 5.24. The summed E-state index contributed by atoms with van der Waals surface area (Å²) >= 11 is 5.99. The van der Waals surface area contributed by atoms with Crippen LogP contribution in [0.25, 0.3) is 0 Å². The lowest BCUT2D eigenvalue weighted by Gasteiger charge is -2.30. The van der Waals surface area contributed by atoms with Gasteiger partial charge in [0.25, 0.3) is 0 Å². The van der Waals surface area contributed by atoms with Gasteiger partial charge in [-0.05, 0) is 23.6 Å². The zero-order valence-electron chi connectivity index (χ0n) is 13.9. The van der Waals surface area contributed by atoms with Crippen molar-refractivity contribution in [3.8, 4) is 0 Å². The van der Waals surface area contributed by atoms with Gasteiger partial charge in [-0.15, -0.1) is 0 Å². The van der Waals surface area contributed by atoms with Crippen molar-refractivity contribution in [2.45, 2.75) is 6.42 Å². The SMILES string of the molecule is O=C(Cc1cccc(Cl)c1)N1C[C@@H](CO)[C@@H](CN2CCOCC2)C1. The maximum atomic E-state index is 12.6. The Morgan fingerprint density at radius 2 is 2.00 bits per heavy atom. The van der Waals surface area contributed by atoms with Crippen LogP contribution in [0, 0.1) is 11.8 Å². The minimum Gasteiger partial charge on any atom is -0.396 e. The van der Waals surface area contributed by atoms with Crippen LogP contribution in [0.4, 0.5) is 0 Å². The van der Waals surface area contributed by atoms with Gasteiger partial charge >= 0.3 is 0 Å². The van der Waals surface area contributed by atoms with Crippen LogP contribution >= 0.6 is 11.6 Å². The summed E-state index contributed by atoms with van der Waals surface area (Å²) in [7, 11) is 0. The van der Waals surface area contributed by atoms with Crippen LogP contribution in [0.5, 0.6) is 0 Å². The van der Waals surface area contributed by atoms with Crippen molar-refractivity contribution in [1.82, 2.24) is 9.80 Å². The fraction of sp³-hybridized carbons (Fsp3) is 0.611.